The number of aldehydes is 1. The Morgan fingerprint density at radius 2 is 2.00 bits per heavy atom. The average Bonchev–Trinajstić information content (AvgIpc) is 2.75. The Morgan fingerprint density at radius 1 is 1.27 bits per heavy atom. The van der Waals surface area contributed by atoms with Gasteiger partial charge in [0.2, 0.25) is 5.75 Å². The standard InChI is InChI=1S/C21H14ClF3N4O4/c1-2-16-12(5-13(9-30)19(31)28-16)8-29-10-27-18(21(23,24)25)17(20(29)32)33-15-4-11(7-26)3-14(22)6-15/h3-6,9-10H,2,8H2,1H3,(H,28,31). The molecule has 0 atom stereocenters. The highest BCUT2D eigenvalue weighted by atomic mass is 35.5. The van der Waals surface area contributed by atoms with Gasteiger partial charge in [0.05, 0.1) is 30.1 Å². The fourth-order valence-electron chi connectivity index (χ4n) is 3.04. The van der Waals surface area contributed by atoms with Crippen molar-refractivity contribution in [3.8, 4) is 17.6 Å². The topological polar surface area (TPSA) is 118 Å². The third-order valence-corrected chi connectivity index (χ3v) is 4.77. The van der Waals surface area contributed by atoms with E-state index in [9.17, 15) is 27.6 Å². The van der Waals surface area contributed by atoms with Crippen molar-refractivity contribution in [3.05, 3.63) is 84.4 Å². The van der Waals surface area contributed by atoms with E-state index in [1.54, 1.807) is 13.0 Å². The van der Waals surface area contributed by atoms with Crippen molar-refractivity contribution in [1.82, 2.24) is 14.5 Å². The van der Waals surface area contributed by atoms with Crippen molar-refractivity contribution in [3.63, 3.8) is 0 Å². The van der Waals surface area contributed by atoms with Crippen LogP contribution in [0.3, 0.4) is 0 Å². The summed E-state index contributed by atoms with van der Waals surface area (Å²) in [5.74, 6) is -1.38. The van der Waals surface area contributed by atoms with E-state index in [2.05, 4.69) is 9.97 Å². The van der Waals surface area contributed by atoms with Crippen LogP contribution in [0.5, 0.6) is 11.5 Å². The molecule has 1 N–H and O–H groups in total. The van der Waals surface area contributed by atoms with Gasteiger partial charge in [-0.1, -0.05) is 18.5 Å². The quantitative estimate of drug-likeness (QED) is 0.540. The molecule has 0 bridgehead atoms. The zero-order valence-electron chi connectivity index (χ0n) is 16.9. The van der Waals surface area contributed by atoms with Crippen LogP contribution in [0.2, 0.25) is 5.02 Å². The first-order chi connectivity index (χ1) is 15.6. The van der Waals surface area contributed by atoms with Crippen LogP contribution < -0.4 is 15.9 Å². The lowest BCUT2D eigenvalue weighted by Gasteiger charge is -2.16. The van der Waals surface area contributed by atoms with Gasteiger partial charge < -0.3 is 9.72 Å². The fourth-order valence-corrected chi connectivity index (χ4v) is 3.26. The molecule has 33 heavy (non-hydrogen) atoms. The lowest BCUT2D eigenvalue weighted by Crippen LogP contribution is -2.27. The summed E-state index contributed by atoms with van der Waals surface area (Å²) in [5.41, 5.74) is -2.81. The number of carbonyl (C=O) groups excluding carboxylic acids is 1. The predicted molar refractivity (Wildman–Crippen MR) is 111 cm³/mol. The Labute approximate surface area is 188 Å². The van der Waals surface area contributed by atoms with Gasteiger partial charge in [0.1, 0.15) is 5.75 Å². The molecule has 3 rings (SSSR count). The number of hydrogen-bond donors (Lipinski definition) is 1. The molecular weight excluding hydrogens is 465 g/mol. The zero-order chi connectivity index (χ0) is 24.3. The number of H-pyrrole nitrogens is 1. The Kier molecular flexibility index (Phi) is 6.69. The van der Waals surface area contributed by atoms with Crippen LogP contribution in [0.4, 0.5) is 13.2 Å². The second kappa shape index (κ2) is 9.30. The van der Waals surface area contributed by atoms with Gasteiger partial charge in [-0.2, -0.15) is 18.4 Å². The molecule has 0 fully saturated rings. The average molecular weight is 479 g/mol. The van der Waals surface area contributed by atoms with Crippen LogP contribution in [0, 0.1) is 11.3 Å². The van der Waals surface area contributed by atoms with Crippen LogP contribution in [-0.4, -0.2) is 20.8 Å². The van der Waals surface area contributed by atoms with E-state index in [-0.39, 0.29) is 28.4 Å². The minimum absolute atomic E-state index is 0.0116. The number of carbonyl (C=O) groups is 1. The SMILES string of the molecule is CCc1[nH]c(=O)c(C=O)cc1Cn1cnc(C(F)(F)F)c(Oc2cc(Cl)cc(C#N)c2)c1=O. The number of hydrogen-bond acceptors (Lipinski definition) is 6. The first kappa shape index (κ1) is 23.7. The molecule has 170 valence electrons. The van der Waals surface area contributed by atoms with Crippen LogP contribution in [-0.2, 0) is 19.1 Å². The fraction of sp³-hybridized carbons (Fsp3) is 0.190. The van der Waals surface area contributed by atoms with Crippen molar-refractivity contribution in [2.75, 3.05) is 0 Å². The van der Waals surface area contributed by atoms with Gasteiger partial charge in [-0.25, -0.2) is 4.98 Å². The number of pyridine rings is 1. The summed E-state index contributed by atoms with van der Waals surface area (Å²) in [6.07, 6.45) is -3.66. The number of rotatable bonds is 6. The molecule has 0 spiro atoms. The number of nitrogens with zero attached hydrogens (tertiary/aromatic N) is 3. The minimum Gasteiger partial charge on any atom is -0.449 e. The molecule has 12 heteroatoms. The molecule has 0 aliphatic rings. The molecule has 8 nitrogen and oxygen atoms in total. The number of benzene rings is 1. The molecule has 0 saturated heterocycles. The summed E-state index contributed by atoms with van der Waals surface area (Å²) in [7, 11) is 0. The second-order valence-corrected chi connectivity index (χ2v) is 7.21. The molecule has 2 aromatic heterocycles. The van der Waals surface area contributed by atoms with E-state index in [1.807, 2.05) is 0 Å². The number of alkyl halides is 3. The van der Waals surface area contributed by atoms with Crippen LogP contribution in [0.15, 0.2) is 40.2 Å². The maximum Gasteiger partial charge on any atom is 0.437 e. The van der Waals surface area contributed by atoms with Gasteiger partial charge in [0.15, 0.2) is 12.0 Å². The van der Waals surface area contributed by atoms with Crippen LogP contribution >= 0.6 is 11.6 Å². The summed E-state index contributed by atoms with van der Waals surface area (Å²) in [6, 6.07) is 6.58. The van der Waals surface area contributed by atoms with Gasteiger partial charge in [-0.05, 0) is 36.2 Å². The van der Waals surface area contributed by atoms with Gasteiger partial charge in [-0.3, -0.25) is 19.0 Å². The molecule has 0 aliphatic heterocycles. The zero-order valence-corrected chi connectivity index (χ0v) is 17.6. The number of ether oxygens (including phenoxy) is 1. The molecule has 0 aliphatic carbocycles. The largest absolute Gasteiger partial charge is 0.449 e. The van der Waals surface area contributed by atoms with Crippen molar-refractivity contribution in [1.29, 1.82) is 5.26 Å². The Morgan fingerprint density at radius 3 is 2.61 bits per heavy atom. The van der Waals surface area contributed by atoms with Crippen molar-refractivity contribution < 1.29 is 22.7 Å². The van der Waals surface area contributed by atoms with Crippen molar-refractivity contribution in [2.45, 2.75) is 26.1 Å². The van der Waals surface area contributed by atoms with E-state index >= 15 is 0 Å². The smallest absolute Gasteiger partial charge is 0.437 e. The summed E-state index contributed by atoms with van der Waals surface area (Å²) in [4.78, 5) is 41.8. The predicted octanol–water partition coefficient (Wildman–Crippen LogP) is 3.69. The molecule has 3 aromatic rings. The van der Waals surface area contributed by atoms with Crippen LogP contribution in [0.1, 0.15) is 39.8 Å². The first-order valence-electron chi connectivity index (χ1n) is 9.32. The normalized spacial score (nSPS) is 11.2. The van der Waals surface area contributed by atoms with Crippen LogP contribution in [0.25, 0.3) is 0 Å². The lowest BCUT2D eigenvalue weighted by atomic mass is 10.1. The molecule has 0 saturated carbocycles. The van der Waals surface area contributed by atoms with E-state index < -0.39 is 28.7 Å². The Bertz CT molecular complexity index is 1390. The number of aromatic amines is 1. The third-order valence-electron chi connectivity index (χ3n) is 4.55. The number of nitrogens with one attached hydrogen (secondary N) is 1. The third kappa shape index (κ3) is 5.12. The summed E-state index contributed by atoms with van der Waals surface area (Å²) >= 11 is 5.87. The summed E-state index contributed by atoms with van der Waals surface area (Å²) in [6.45, 7) is 1.42. The van der Waals surface area contributed by atoms with Gasteiger partial charge >= 0.3 is 6.18 Å². The molecule has 1 aromatic carbocycles. The highest BCUT2D eigenvalue weighted by Crippen LogP contribution is 2.35. The second-order valence-electron chi connectivity index (χ2n) is 6.77. The van der Waals surface area contributed by atoms with E-state index in [0.29, 0.717) is 30.3 Å². The minimum atomic E-state index is -5.01. The lowest BCUT2D eigenvalue weighted by molar-refractivity contribution is -0.142. The monoisotopic (exact) mass is 478 g/mol. The summed E-state index contributed by atoms with van der Waals surface area (Å²) < 4.78 is 46.7. The maximum absolute atomic E-state index is 13.5. The number of aromatic nitrogens is 3. The molecule has 0 unspecified atom stereocenters. The van der Waals surface area contributed by atoms with E-state index in [1.165, 1.54) is 12.1 Å². The highest BCUT2D eigenvalue weighted by Gasteiger charge is 2.38. The molecule has 0 radical (unpaired) electrons. The number of nitriles is 1. The van der Waals surface area contributed by atoms with Gasteiger partial charge in [0.25, 0.3) is 11.1 Å². The van der Waals surface area contributed by atoms with Gasteiger partial charge in [0, 0.05) is 10.7 Å². The van der Waals surface area contributed by atoms with Crippen molar-refractivity contribution >= 4 is 17.9 Å². The number of aryl methyl sites for hydroxylation is 1. The number of halogens is 4. The molecule has 0 amide bonds. The first-order valence-corrected chi connectivity index (χ1v) is 9.70. The van der Waals surface area contributed by atoms with Gasteiger partial charge in [-0.15, -0.1) is 0 Å². The van der Waals surface area contributed by atoms with Crippen molar-refractivity contribution in [2.24, 2.45) is 0 Å². The Balaban J connectivity index is 2.15. The molecule has 2 heterocycles. The highest BCUT2D eigenvalue weighted by molar-refractivity contribution is 6.30. The summed E-state index contributed by atoms with van der Waals surface area (Å²) in [5, 5.41) is 9.06. The maximum atomic E-state index is 13.5. The van der Waals surface area contributed by atoms with E-state index in [4.69, 9.17) is 21.6 Å². The van der Waals surface area contributed by atoms with E-state index in [0.717, 1.165) is 16.7 Å². The molecular formula is C21H14ClF3N4O4. The Hall–Kier alpha value is -3.91.